The van der Waals surface area contributed by atoms with Gasteiger partial charge < -0.3 is 0 Å². The van der Waals surface area contributed by atoms with Crippen molar-refractivity contribution in [3.05, 3.63) is 0 Å². The van der Waals surface area contributed by atoms with Crippen LogP contribution in [0.1, 0.15) is 66.2 Å². The van der Waals surface area contributed by atoms with Crippen molar-refractivity contribution in [1.29, 1.82) is 0 Å². The van der Waals surface area contributed by atoms with Gasteiger partial charge in [0, 0.05) is 0 Å². The molecule has 0 aliphatic carbocycles. The molecule has 0 aromatic rings. The quantitative estimate of drug-likeness (QED) is 0.402. The van der Waals surface area contributed by atoms with Crippen LogP contribution in [0.5, 0.6) is 0 Å². The minimum absolute atomic E-state index is 0.628. The first kappa shape index (κ1) is 15.5. The van der Waals surface area contributed by atoms with Crippen LogP contribution in [0, 0.1) is 0 Å². The van der Waals surface area contributed by atoms with Gasteiger partial charge in [0.2, 0.25) is 0 Å². The molecule has 0 N–H and O–H groups in total. The SMILES string of the molecule is CCCCCCC[CH2][Ge]([CH3])([CH3])[C](C)(C)C. The molecule has 0 aromatic heterocycles. The molecular formula is C14H32Ge. The van der Waals surface area contributed by atoms with Gasteiger partial charge in [0.1, 0.15) is 0 Å². The van der Waals surface area contributed by atoms with Gasteiger partial charge in [0.25, 0.3) is 0 Å². The number of hydrogen-bond acceptors (Lipinski definition) is 0. The van der Waals surface area contributed by atoms with Gasteiger partial charge in [-0.25, -0.2) is 0 Å². The van der Waals surface area contributed by atoms with E-state index >= 15 is 0 Å². The van der Waals surface area contributed by atoms with Gasteiger partial charge in [-0.15, -0.1) is 0 Å². The first-order valence-electron chi connectivity index (χ1n) is 6.81. The molecule has 0 aromatic carbocycles. The van der Waals surface area contributed by atoms with E-state index in [2.05, 4.69) is 39.2 Å². The summed E-state index contributed by atoms with van der Waals surface area (Å²) in [6, 6.07) is 0. The Bertz CT molecular complexity index is 153. The molecule has 1 heteroatoms. The third-order valence-electron chi connectivity index (χ3n) is 4.19. The molecule has 0 saturated carbocycles. The average molecular weight is 273 g/mol. The van der Waals surface area contributed by atoms with Gasteiger partial charge in [-0.2, -0.15) is 0 Å². The predicted octanol–water partition coefficient (Wildman–Crippen LogP) is 5.86. The molecule has 0 spiro atoms. The first-order chi connectivity index (χ1) is 6.81. The Balaban J connectivity index is 3.58. The van der Waals surface area contributed by atoms with Crippen molar-refractivity contribution in [1.82, 2.24) is 0 Å². The Kier molecular flexibility index (Phi) is 7.24. The van der Waals surface area contributed by atoms with Crippen molar-refractivity contribution < 1.29 is 0 Å². The number of unbranched alkanes of at least 4 members (excludes halogenated alkanes) is 5. The van der Waals surface area contributed by atoms with E-state index in [1.165, 1.54) is 38.5 Å². The van der Waals surface area contributed by atoms with E-state index in [9.17, 15) is 0 Å². The summed E-state index contributed by atoms with van der Waals surface area (Å²) in [6.07, 6.45) is 8.70. The Morgan fingerprint density at radius 3 is 1.73 bits per heavy atom. The van der Waals surface area contributed by atoms with E-state index in [4.69, 9.17) is 0 Å². The number of rotatable bonds is 7. The van der Waals surface area contributed by atoms with Crippen molar-refractivity contribution in [2.24, 2.45) is 0 Å². The van der Waals surface area contributed by atoms with Crippen LogP contribution in [0.4, 0.5) is 0 Å². The van der Waals surface area contributed by atoms with Crippen molar-refractivity contribution in [2.45, 2.75) is 87.2 Å². The molecule has 0 atom stereocenters. The Morgan fingerprint density at radius 1 is 0.800 bits per heavy atom. The van der Waals surface area contributed by atoms with Gasteiger partial charge in [-0.1, -0.05) is 0 Å². The third-order valence-corrected chi connectivity index (χ3v) is 16.1. The first-order valence-corrected chi connectivity index (χ1v) is 13.5. The van der Waals surface area contributed by atoms with Crippen LogP contribution in [0.2, 0.25) is 21.0 Å². The van der Waals surface area contributed by atoms with E-state index < -0.39 is 13.3 Å². The van der Waals surface area contributed by atoms with Crippen LogP contribution in [-0.2, 0) is 0 Å². The van der Waals surface area contributed by atoms with E-state index in [-0.39, 0.29) is 0 Å². The zero-order valence-corrected chi connectivity index (χ0v) is 14.0. The van der Waals surface area contributed by atoms with Crippen LogP contribution < -0.4 is 0 Å². The van der Waals surface area contributed by atoms with E-state index in [1.807, 2.05) is 0 Å². The molecule has 0 radical (unpaired) electrons. The van der Waals surface area contributed by atoms with Crippen LogP contribution in [0.25, 0.3) is 0 Å². The molecule has 0 fully saturated rings. The molecule has 0 aliphatic heterocycles. The molecule has 0 aliphatic rings. The Hall–Kier alpha value is 0.543. The summed E-state index contributed by atoms with van der Waals surface area (Å²) in [4.78, 5) is 0. The molecule has 0 saturated heterocycles. The van der Waals surface area contributed by atoms with Gasteiger partial charge in [0.15, 0.2) is 0 Å². The van der Waals surface area contributed by atoms with Gasteiger partial charge >= 0.3 is 100 Å². The third kappa shape index (κ3) is 6.65. The molecule has 0 rings (SSSR count). The van der Waals surface area contributed by atoms with Crippen LogP contribution in [0.3, 0.4) is 0 Å². The summed E-state index contributed by atoms with van der Waals surface area (Å²) < 4.78 is 0.628. The summed E-state index contributed by atoms with van der Waals surface area (Å²) >= 11 is -1.48. The fourth-order valence-corrected chi connectivity index (χ4v) is 5.67. The van der Waals surface area contributed by atoms with Crippen molar-refractivity contribution in [2.75, 3.05) is 0 Å². The van der Waals surface area contributed by atoms with Gasteiger partial charge in [-0.3, -0.25) is 0 Å². The Morgan fingerprint density at radius 2 is 1.27 bits per heavy atom. The molecule has 0 amide bonds. The molecular weight excluding hydrogens is 241 g/mol. The summed E-state index contributed by atoms with van der Waals surface area (Å²) in [5, 5.41) is 1.57. The summed E-state index contributed by atoms with van der Waals surface area (Å²) in [5.41, 5.74) is 0. The van der Waals surface area contributed by atoms with E-state index in [1.54, 1.807) is 5.25 Å². The zero-order chi connectivity index (χ0) is 11.9. The molecule has 0 bridgehead atoms. The van der Waals surface area contributed by atoms with Gasteiger partial charge in [-0.05, 0) is 0 Å². The summed E-state index contributed by atoms with van der Waals surface area (Å²) in [5.74, 6) is 5.21. The molecule has 0 unspecified atom stereocenters. The van der Waals surface area contributed by atoms with E-state index in [0.717, 1.165) is 0 Å². The number of hydrogen-bond donors (Lipinski definition) is 0. The molecule has 0 nitrogen and oxygen atoms in total. The predicted molar refractivity (Wildman–Crippen MR) is 75.4 cm³/mol. The van der Waals surface area contributed by atoms with Crippen molar-refractivity contribution in [3.8, 4) is 0 Å². The maximum absolute atomic E-state index is 2.60. The van der Waals surface area contributed by atoms with Crippen LogP contribution in [-0.4, -0.2) is 13.3 Å². The molecule has 15 heavy (non-hydrogen) atoms. The summed E-state index contributed by atoms with van der Waals surface area (Å²) in [6.45, 7) is 9.64. The second kappa shape index (κ2) is 6.98. The summed E-state index contributed by atoms with van der Waals surface area (Å²) in [7, 11) is 0. The fraction of sp³-hybridized carbons (Fsp3) is 1.00. The van der Waals surface area contributed by atoms with Crippen LogP contribution in [0.15, 0.2) is 0 Å². The normalized spacial score (nSPS) is 13.2. The Labute approximate surface area is 101 Å². The minimum atomic E-state index is -1.48. The van der Waals surface area contributed by atoms with Crippen molar-refractivity contribution >= 4 is 13.3 Å². The molecule has 92 valence electrons. The zero-order valence-electron chi connectivity index (χ0n) is 11.9. The standard InChI is InChI=1S/C14H32Ge/c1-7-8-9-10-11-12-13-15(5,6)14(2,3)4/h7-13H2,1-6H3. The van der Waals surface area contributed by atoms with Gasteiger partial charge in [0.05, 0.1) is 0 Å². The van der Waals surface area contributed by atoms with Crippen LogP contribution >= 0.6 is 0 Å². The fourth-order valence-electron chi connectivity index (χ4n) is 1.72. The monoisotopic (exact) mass is 274 g/mol. The maximum atomic E-state index is 2.60. The second-order valence-electron chi connectivity index (χ2n) is 6.65. The van der Waals surface area contributed by atoms with E-state index in [0.29, 0.717) is 4.25 Å². The molecule has 0 heterocycles. The average Bonchev–Trinajstić information content (AvgIpc) is 2.09. The second-order valence-corrected chi connectivity index (χ2v) is 18.8. The van der Waals surface area contributed by atoms with Crippen molar-refractivity contribution in [3.63, 3.8) is 0 Å². The topological polar surface area (TPSA) is 0 Å².